The third-order valence-electron chi connectivity index (χ3n) is 8.02. The van der Waals surface area contributed by atoms with E-state index in [0.717, 1.165) is 59.4 Å². The third kappa shape index (κ3) is 8.97. The van der Waals surface area contributed by atoms with Crippen LogP contribution in [-0.4, -0.2) is 50.0 Å². The zero-order valence-corrected chi connectivity index (χ0v) is 27.2. The molecule has 2 amide bonds. The smallest absolute Gasteiger partial charge is 0.244 e. The molecule has 0 unspecified atom stereocenters. The minimum atomic E-state index is -3.84. The van der Waals surface area contributed by atoms with Gasteiger partial charge in [0.1, 0.15) is 12.6 Å². The first-order chi connectivity index (χ1) is 20.4. The molecule has 1 aliphatic carbocycles. The molecular formula is C33H39Cl2N3O4S. The predicted octanol–water partition coefficient (Wildman–Crippen LogP) is 6.47. The van der Waals surface area contributed by atoms with Gasteiger partial charge in [0, 0.05) is 19.0 Å². The number of halogens is 2. The van der Waals surface area contributed by atoms with Gasteiger partial charge in [0.05, 0.1) is 22.0 Å². The van der Waals surface area contributed by atoms with Crippen LogP contribution in [0.1, 0.15) is 54.4 Å². The van der Waals surface area contributed by atoms with Gasteiger partial charge in [-0.3, -0.25) is 13.9 Å². The summed E-state index contributed by atoms with van der Waals surface area (Å²) in [5.74, 6) is -0.768. The molecule has 0 radical (unpaired) electrons. The summed E-state index contributed by atoms with van der Waals surface area (Å²) >= 11 is 12.5. The van der Waals surface area contributed by atoms with Gasteiger partial charge >= 0.3 is 0 Å². The number of benzene rings is 3. The Bertz CT molecular complexity index is 1540. The number of carbonyl (C=O) groups is 2. The van der Waals surface area contributed by atoms with Crippen LogP contribution in [0.3, 0.4) is 0 Å². The van der Waals surface area contributed by atoms with Crippen LogP contribution in [-0.2, 0) is 32.6 Å². The molecule has 0 saturated heterocycles. The quantitative estimate of drug-likeness (QED) is 0.260. The number of nitrogens with one attached hydrogen (secondary N) is 1. The number of anilines is 1. The highest BCUT2D eigenvalue weighted by molar-refractivity contribution is 7.92. The summed E-state index contributed by atoms with van der Waals surface area (Å²) in [5.41, 5.74) is 3.85. The van der Waals surface area contributed by atoms with Crippen LogP contribution in [0.2, 0.25) is 10.0 Å². The second kappa shape index (κ2) is 14.6. The molecule has 230 valence electrons. The SMILES string of the molecule is Cc1ccc(N(CC(=O)N(Cc2ccc(Cl)c(Cl)c2)[C@@H](Cc2ccccc2)C(=O)NC2CCCCC2)S(C)(=O)=O)cc1C. The minimum Gasteiger partial charge on any atom is -0.352 e. The lowest BCUT2D eigenvalue weighted by molar-refractivity contribution is -0.140. The normalized spacial score (nSPS) is 14.6. The molecule has 43 heavy (non-hydrogen) atoms. The van der Waals surface area contributed by atoms with Gasteiger partial charge in [-0.2, -0.15) is 0 Å². The number of aryl methyl sites for hydroxylation is 2. The molecular weight excluding hydrogens is 605 g/mol. The first-order valence-corrected chi connectivity index (χ1v) is 17.2. The van der Waals surface area contributed by atoms with Crippen molar-refractivity contribution in [2.75, 3.05) is 17.1 Å². The van der Waals surface area contributed by atoms with Crippen LogP contribution < -0.4 is 9.62 Å². The van der Waals surface area contributed by atoms with Crippen molar-refractivity contribution in [1.29, 1.82) is 0 Å². The second-order valence-electron chi connectivity index (χ2n) is 11.4. The minimum absolute atomic E-state index is 0.0319. The fourth-order valence-corrected chi connectivity index (χ4v) is 6.59. The number of rotatable bonds is 11. The third-order valence-corrected chi connectivity index (χ3v) is 9.90. The molecule has 1 atom stereocenters. The lowest BCUT2D eigenvalue weighted by Crippen LogP contribution is -2.55. The Balaban J connectivity index is 1.74. The Morgan fingerprint density at radius 3 is 2.21 bits per heavy atom. The van der Waals surface area contributed by atoms with E-state index in [9.17, 15) is 18.0 Å². The van der Waals surface area contributed by atoms with E-state index >= 15 is 0 Å². The highest BCUT2D eigenvalue weighted by Gasteiger charge is 2.34. The van der Waals surface area contributed by atoms with Gasteiger partial charge in [-0.1, -0.05) is 84.9 Å². The van der Waals surface area contributed by atoms with Crippen molar-refractivity contribution in [2.45, 2.75) is 71.0 Å². The van der Waals surface area contributed by atoms with Crippen LogP contribution in [0.25, 0.3) is 0 Å². The van der Waals surface area contributed by atoms with E-state index in [1.165, 1.54) is 4.90 Å². The number of carbonyl (C=O) groups excluding carboxylic acids is 2. The summed E-state index contributed by atoms with van der Waals surface area (Å²) in [6, 6.07) is 19.0. The van der Waals surface area contributed by atoms with Crippen LogP contribution in [0, 0.1) is 13.8 Å². The van der Waals surface area contributed by atoms with Crippen LogP contribution >= 0.6 is 23.2 Å². The van der Waals surface area contributed by atoms with Gasteiger partial charge in [-0.15, -0.1) is 0 Å². The zero-order chi connectivity index (χ0) is 31.1. The van der Waals surface area contributed by atoms with Crippen molar-refractivity contribution in [3.8, 4) is 0 Å². The zero-order valence-electron chi connectivity index (χ0n) is 24.9. The topological polar surface area (TPSA) is 86.8 Å². The van der Waals surface area contributed by atoms with E-state index in [2.05, 4.69) is 5.32 Å². The van der Waals surface area contributed by atoms with Gasteiger partial charge in [0.15, 0.2) is 0 Å². The van der Waals surface area contributed by atoms with Crippen LogP contribution in [0.5, 0.6) is 0 Å². The summed E-state index contributed by atoms with van der Waals surface area (Å²) < 4.78 is 27.2. The number of nitrogens with zero attached hydrogens (tertiary/aromatic N) is 2. The Labute approximate surface area is 265 Å². The fraction of sp³-hybridized carbons (Fsp3) is 0.394. The van der Waals surface area contributed by atoms with Crippen molar-refractivity contribution in [2.24, 2.45) is 0 Å². The Hall–Kier alpha value is -3.07. The van der Waals surface area contributed by atoms with E-state index in [-0.39, 0.29) is 24.9 Å². The summed E-state index contributed by atoms with van der Waals surface area (Å²) in [4.78, 5) is 29.8. The molecule has 3 aromatic carbocycles. The number of hydrogen-bond donors (Lipinski definition) is 1. The van der Waals surface area contributed by atoms with E-state index in [1.54, 1.807) is 30.3 Å². The summed E-state index contributed by atoms with van der Waals surface area (Å²) in [7, 11) is -3.84. The number of amides is 2. The van der Waals surface area contributed by atoms with Crippen molar-refractivity contribution in [3.63, 3.8) is 0 Å². The highest BCUT2D eigenvalue weighted by atomic mass is 35.5. The monoisotopic (exact) mass is 643 g/mol. The lowest BCUT2D eigenvalue weighted by atomic mass is 9.94. The fourth-order valence-electron chi connectivity index (χ4n) is 5.43. The Morgan fingerprint density at radius 1 is 0.884 bits per heavy atom. The van der Waals surface area contributed by atoms with Crippen LogP contribution in [0.4, 0.5) is 5.69 Å². The Kier molecular flexibility index (Phi) is 11.2. The molecule has 1 fully saturated rings. The standard InChI is InChI=1S/C33H39Cl2N3O4S/c1-23-14-16-28(18-24(23)2)38(43(3,41)42)22-32(39)37(21-26-15-17-29(34)30(35)19-26)31(20-25-10-6-4-7-11-25)33(40)36-27-12-8-5-9-13-27/h4,6-7,10-11,14-19,27,31H,5,8-9,12-13,20-22H2,1-3H3,(H,36,40)/t31-/m0/s1. The predicted molar refractivity (Wildman–Crippen MR) is 174 cm³/mol. The molecule has 0 aliphatic heterocycles. The summed E-state index contributed by atoms with van der Waals surface area (Å²) in [6.45, 7) is 3.40. The number of hydrogen-bond acceptors (Lipinski definition) is 4. The van der Waals surface area contributed by atoms with Gasteiger partial charge in [-0.05, 0) is 73.2 Å². The summed E-state index contributed by atoms with van der Waals surface area (Å²) in [5, 5.41) is 3.90. The van der Waals surface area contributed by atoms with E-state index in [0.29, 0.717) is 21.3 Å². The largest absolute Gasteiger partial charge is 0.352 e. The molecule has 0 spiro atoms. The summed E-state index contributed by atoms with van der Waals surface area (Å²) in [6.07, 6.45) is 6.34. The average molecular weight is 645 g/mol. The van der Waals surface area contributed by atoms with Crippen LogP contribution in [0.15, 0.2) is 66.7 Å². The van der Waals surface area contributed by atoms with E-state index < -0.39 is 28.5 Å². The first kappa shape index (κ1) is 32.8. The maximum absolute atomic E-state index is 14.3. The molecule has 1 N–H and O–H groups in total. The van der Waals surface area contributed by atoms with Crippen molar-refractivity contribution in [3.05, 3.63) is 99.0 Å². The first-order valence-electron chi connectivity index (χ1n) is 14.5. The van der Waals surface area contributed by atoms with E-state index in [1.807, 2.05) is 50.2 Å². The Morgan fingerprint density at radius 2 is 1.58 bits per heavy atom. The van der Waals surface area contributed by atoms with Gasteiger partial charge in [0.2, 0.25) is 21.8 Å². The maximum atomic E-state index is 14.3. The molecule has 0 aromatic heterocycles. The lowest BCUT2D eigenvalue weighted by Gasteiger charge is -2.35. The van der Waals surface area contributed by atoms with Gasteiger partial charge < -0.3 is 10.2 Å². The van der Waals surface area contributed by atoms with Crippen molar-refractivity contribution >= 4 is 50.7 Å². The number of sulfonamides is 1. The highest BCUT2D eigenvalue weighted by Crippen LogP contribution is 2.26. The average Bonchev–Trinajstić information content (AvgIpc) is 2.97. The van der Waals surface area contributed by atoms with Gasteiger partial charge in [-0.25, -0.2) is 8.42 Å². The molecule has 4 rings (SSSR count). The van der Waals surface area contributed by atoms with Crippen molar-refractivity contribution in [1.82, 2.24) is 10.2 Å². The van der Waals surface area contributed by atoms with Gasteiger partial charge in [0.25, 0.3) is 0 Å². The molecule has 10 heteroatoms. The van der Waals surface area contributed by atoms with E-state index in [4.69, 9.17) is 23.2 Å². The molecule has 0 heterocycles. The maximum Gasteiger partial charge on any atom is 0.244 e. The molecule has 1 saturated carbocycles. The molecule has 1 aliphatic rings. The molecule has 0 bridgehead atoms. The second-order valence-corrected chi connectivity index (χ2v) is 14.1. The van der Waals surface area contributed by atoms with Crippen molar-refractivity contribution < 1.29 is 18.0 Å². The molecule has 7 nitrogen and oxygen atoms in total. The molecule has 3 aromatic rings.